The van der Waals surface area contributed by atoms with E-state index in [4.69, 9.17) is 33.7 Å². The molecule has 0 amide bonds. The second-order valence-corrected chi connectivity index (χ2v) is 4.76. The van der Waals surface area contributed by atoms with Gasteiger partial charge in [-0.05, 0) is 36.2 Å². The minimum Gasteiger partial charge on any atom is -0.487 e. The molecule has 4 heteroatoms. The first-order valence-corrected chi connectivity index (χ1v) is 6.26. The van der Waals surface area contributed by atoms with Gasteiger partial charge in [-0.2, -0.15) is 0 Å². The van der Waals surface area contributed by atoms with Crippen LogP contribution in [-0.2, 0) is 6.61 Å². The highest BCUT2D eigenvalue weighted by Gasteiger charge is 2.07. The number of hydrogen-bond acceptors (Lipinski definition) is 2. The zero-order valence-corrected chi connectivity index (χ0v) is 11.4. The van der Waals surface area contributed by atoms with Crippen molar-refractivity contribution in [3.63, 3.8) is 0 Å². The second kappa shape index (κ2) is 5.51. The Bertz CT molecular complexity index is 518. The molecular weight excluding hydrogens is 269 g/mol. The minimum absolute atomic E-state index is 0.414. The summed E-state index contributed by atoms with van der Waals surface area (Å²) in [4.78, 5) is 0. The predicted octanol–water partition coefficient (Wildman–Crippen LogP) is 4.46. The smallest absolute Gasteiger partial charge is 0.139 e. The number of nitrogens with two attached hydrogens (primary N) is 1. The summed E-state index contributed by atoms with van der Waals surface area (Å²) in [6.45, 7) is 2.38. The van der Waals surface area contributed by atoms with Gasteiger partial charge in [0.2, 0.25) is 0 Å². The summed E-state index contributed by atoms with van der Waals surface area (Å²) < 4.78 is 5.67. The first-order chi connectivity index (χ1) is 8.59. The van der Waals surface area contributed by atoms with Crippen LogP contribution in [0.2, 0.25) is 10.0 Å². The third-order valence-electron chi connectivity index (χ3n) is 2.79. The topological polar surface area (TPSA) is 35.2 Å². The molecule has 0 aliphatic heterocycles. The van der Waals surface area contributed by atoms with E-state index in [1.165, 1.54) is 0 Å². The van der Waals surface area contributed by atoms with E-state index in [0.717, 1.165) is 16.8 Å². The minimum atomic E-state index is 0.414. The summed E-state index contributed by atoms with van der Waals surface area (Å²) in [7, 11) is 0. The van der Waals surface area contributed by atoms with Crippen LogP contribution < -0.4 is 10.5 Å². The molecule has 2 aromatic rings. The lowest BCUT2D eigenvalue weighted by atomic mass is 10.1. The van der Waals surface area contributed by atoms with Crippen molar-refractivity contribution in [1.29, 1.82) is 0 Å². The SMILES string of the molecule is Cc1c(N)cccc1COc1cccc(Cl)c1Cl. The van der Waals surface area contributed by atoms with Gasteiger partial charge in [-0.25, -0.2) is 0 Å². The highest BCUT2D eigenvalue weighted by Crippen LogP contribution is 2.32. The molecule has 0 aliphatic rings. The van der Waals surface area contributed by atoms with Gasteiger partial charge in [0.25, 0.3) is 0 Å². The van der Waals surface area contributed by atoms with E-state index in [-0.39, 0.29) is 0 Å². The maximum atomic E-state index is 6.05. The fourth-order valence-corrected chi connectivity index (χ4v) is 1.96. The monoisotopic (exact) mass is 281 g/mol. The lowest BCUT2D eigenvalue weighted by molar-refractivity contribution is 0.306. The van der Waals surface area contributed by atoms with Crippen molar-refractivity contribution >= 4 is 28.9 Å². The number of anilines is 1. The van der Waals surface area contributed by atoms with Crippen molar-refractivity contribution < 1.29 is 4.74 Å². The Kier molecular flexibility index (Phi) is 4.00. The molecule has 0 heterocycles. The largest absolute Gasteiger partial charge is 0.487 e. The fraction of sp³-hybridized carbons (Fsp3) is 0.143. The molecule has 0 bridgehead atoms. The molecule has 2 aromatic carbocycles. The number of benzene rings is 2. The standard InChI is InChI=1S/C14H13Cl2NO/c1-9-10(4-2-6-12(9)17)8-18-13-7-3-5-11(15)14(13)16/h2-7H,8,17H2,1H3. The molecule has 2 N–H and O–H groups in total. The van der Waals surface area contributed by atoms with Gasteiger partial charge in [0, 0.05) is 5.69 Å². The molecule has 0 spiro atoms. The number of hydrogen-bond donors (Lipinski definition) is 1. The summed E-state index contributed by atoms with van der Waals surface area (Å²) in [6.07, 6.45) is 0. The van der Waals surface area contributed by atoms with Crippen molar-refractivity contribution in [3.05, 3.63) is 57.6 Å². The van der Waals surface area contributed by atoms with E-state index in [1.807, 2.05) is 25.1 Å². The Morgan fingerprint density at radius 3 is 2.61 bits per heavy atom. The maximum Gasteiger partial charge on any atom is 0.139 e. The summed E-state index contributed by atoms with van der Waals surface area (Å²) in [5, 5.41) is 0.916. The molecule has 0 aromatic heterocycles. The average Bonchev–Trinajstić information content (AvgIpc) is 2.36. The van der Waals surface area contributed by atoms with E-state index in [2.05, 4.69) is 0 Å². The van der Waals surface area contributed by atoms with E-state index >= 15 is 0 Å². The van der Waals surface area contributed by atoms with E-state index in [0.29, 0.717) is 22.4 Å². The van der Waals surface area contributed by atoms with Crippen LogP contribution in [0, 0.1) is 6.92 Å². The van der Waals surface area contributed by atoms with Crippen LogP contribution in [0.25, 0.3) is 0 Å². The molecule has 0 aliphatic carbocycles. The third-order valence-corrected chi connectivity index (χ3v) is 3.59. The van der Waals surface area contributed by atoms with Crippen molar-refractivity contribution in [3.8, 4) is 5.75 Å². The van der Waals surface area contributed by atoms with Crippen molar-refractivity contribution in [2.45, 2.75) is 13.5 Å². The Morgan fingerprint density at radius 2 is 1.83 bits per heavy atom. The maximum absolute atomic E-state index is 6.05. The molecule has 94 valence electrons. The van der Waals surface area contributed by atoms with Crippen LogP contribution in [0.3, 0.4) is 0 Å². The highest BCUT2D eigenvalue weighted by molar-refractivity contribution is 6.42. The molecule has 2 nitrogen and oxygen atoms in total. The van der Waals surface area contributed by atoms with Gasteiger partial charge in [0.05, 0.1) is 5.02 Å². The Morgan fingerprint density at radius 1 is 1.11 bits per heavy atom. The molecule has 0 fully saturated rings. The predicted molar refractivity (Wildman–Crippen MR) is 76.4 cm³/mol. The molecule has 0 unspecified atom stereocenters. The molecule has 0 saturated carbocycles. The van der Waals surface area contributed by atoms with Gasteiger partial charge in [-0.1, -0.05) is 41.4 Å². The van der Waals surface area contributed by atoms with Gasteiger partial charge >= 0.3 is 0 Å². The zero-order valence-electron chi connectivity index (χ0n) is 9.91. The van der Waals surface area contributed by atoms with Crippen LogP contribution in [0.4, 0.5) is 5.69 Å². The van der Waals surface area contributed by atoms with E-state index < -0.39 is 0 Å². The average molecular weight is 282 g/mol. The van der Waals surface area contributed by atoms with Gasteiger partial charge in [-0.3, -0.25) is 0 Å². The molecule has 0 atom stereocenters. The van der Waals surface area contributed by atoms with Gasteiger partial charge < -0.3 is 10.5 Å². The van der Waals surface area contributed by atoms with Gasteiger partial charge in [0.1, 0.15) is 17.4 Å². The van der Waals surface area contributed by atoms with Crippen LogP contribution >= 0.6 is 23.2 Å². The van der Waals surface area contributed by atoms with E-state index in [1.54, 1.807) is 18.2 Å². The number of ether oxygens (including phenoxy) is 1. The van der Waals surface area contributed by atoms with E-state index in [9.17, 15) is 0 Å². The lowest BCUT2D eigenvalue weighted by Gasteiger charge is -2.11. The van der Waals surface area contributed by atoms with Crippen LogP contribution in [-0.4, -0.2) is 0 Å². The Balaban J connectivity index is 2.17. The normalized spacial score (nSPS) is 10.4. The van der Waals surface area contributed by atoms with Crippen molar-refractivity contribution in [2.24, 2.45) is 0 Å². The fourth-order valence-electron chi connectivity index (χ4n) is 1.61. The zero-order chi connectivity index (χ0) is 13.1. The van der Waals surface area contributed by atoms with Crippen molar-refractivity contribution in [1.82, 2.24) is 0 Å². The van der Waals surface area contributed by atoms with Gasteiger partial charge in [-0.15, -0.1) is 0 Å². The quantitative estimate of drug-likeness (QED) is 0.843. The Labute approximate surface area is 116 Å². The van der Waals surface area contributed by atoms with Crippen molar-refractivity contribution in [2.75, 3.05) is 5.73 Å². The van der Waals surface area contributed by atoms with Gasteiger partial charge in [0.15, 0.2) is 0 Å². The van der Waals surface area contributed by atoms with Crippen LogP contribution in [0.5, 0.6) is 5.75 Å². The molecule has 0 radical (unpaired) electrons. The number of nitrogen functional groups attached to an aromatic ring is 1. The Hall–Kier alpha value is -1.38. The second-order valence-electron chi connectivity index (χ2n) is 3.97. The van der Waals surface area contributed by atoms with Crippen LogP contribution in [0.15, 0.2) is 36.4 Å². The molecule has 0 saturated heterocycles. The lowest BCUT2D eigenvalue weighted by Crippen LogP contribution is -2.01. The molecular formula is C14H13Cl2NO. The highest BCUT2D eigenvalue weighted by atomic mass is 35.5. The summed E-state index contributed by atoms with van der Waals surface area (Å²) in [6, 6.07) is 11.1. The third kappa shape index (κ3) is 2.71. The molecule has 18 heavy (non-hydrogen) atoms. The summed E-state index contributed by atoms with van der Waals surface area (Å²) >= 11 is 12.0. The first kappa shape index (κ1) is 13.1. The van der Waals surface area contributed by atoms with Crippen LogP contribution in [0.1, 0.15) is 11.1 Å². The number of halogens is 2. The summed E-state index contributed by atoms with van der Waals surface area (Å²) in [5.41, 5.74) is 8.66. The summed E-state index contributed by atoms with van der Waals surface area (Å²) in [5.74, 6) is 0.575. The molecule has 2 rings (SSSR count). The number of rotatable bonds is 3. The first-order valence-electron chi connectivity index (χ1n) is 5.50.